The quantitative estimate of drug-likeness (QED) is 0.159. The smallest absolute Gasteiger partial charge is 0.252 e. The van der Waals surface area contributed by atoms with Crippen molar-refractivity contribution in [2.24, 2.45) is 0 Å². The van der Waals surface area contributed by atoms with E-state index in [2.05, 4.69) is 234 Å². The van der Waals surface area contributed by atoms with Crippen molar-refractivity contribution in [1.29, 1.82) is 0 Å². The van der Waals surface area contributed by atoms with Crippen molar-refractivity contribution in [2.75, 3.05) is 14.7 Å². The van der Waals surface area contributed by atoms with Gasteiger partial charge in [0.2, 0.25) is 0 Å². The molecule has 11 rings (SSSR count). The summed E-state index contributed by atoms with van der Waals surface area (Å²) >= 11 is 0. The maximum absolute atomic E-state index is 9.42. The summed E-state index contributed by atoms with van der Waals surface area (Å²) in [5.74, 6) is 0. The Morgan fingerprint density at radius 3 is 1.58 bits per heavy atom. The van der Waals surface area contributed by atoms with Gasteiger partial charge in [-0.2, -0.15) is 0 Å². The van der Waals surface area contributed by atoms with Crippen LogP contribution in [0.2, 0.25) is 0 Å². The molecule has 3 aliphatic rings. The first-order chi connectivity index (χ1) is 35.6. The molecule has 0 unspecified atom stereocenters. The fourth-order valence-electron chi connectivity index (χ4n) is 11.4. The summed E-state index contributed by atoms with van der Waals surface area (Å²) in [5, 5.41) is 0. The molecule has 0 spiro atoms. The van der Waals surface area contributed by atoms with Crippen molar-refractivity contribution < 1.29 is 6.85 Å². The highest BCUT2D eigenvalue weighted by molar-refractivity contribution is 7.00. The lowest BCUT2D eigenvalue weighted by atomic mass is 9.33. The van der Waals surface area contributed by atoms with Gasteiger partial charge in [0, 0.05) is 56.6 Å². The first-order valence-electron chi connectivity index (χ1n) is 28.0. The van der Waals surface area contributed by atoms with Gasteiger partial charge in [0.25, 0.3) is 6.71 Å². The van der Waals surface area contributed by atoms with Crippen molar-refractivity contribution in [2.45, 2.75) is 124 Å². The molecule has 0 amide bonds. The molecule has 2 heterocycles. The van der Waals surface area contributed by atoms with Crippen molar-refractivity contribution in [3.8, 4) is 11.1 Å². The van der Waals surface area contributed by atoms with E-state index in [1.54, 1.807) is 0 Å². The third-order valence-electron chi connectivity index (χ3n) is 15.6. The summed E-state index contributed by atoms with van der Waals surface area (Å²) in [4.78, 5) is 6.83. The zero-order valence-electron chi connectivity index (χ0n) is 49.2. The maximum Gasteiger partial charge on any atom is 0.252 e. The molecule has 1 aliphatic carbocycles. The number of para-hydroxylation sites is 1. The van der Waals surface area contributed by atoms with E-state index < -0.39 is 6.04 Å². The van der Waals surface area contributed by atoms with E-state index in [-0.39, 0.29) is 63.6 Å². The van der Waals surface area contributed by atoms with Crippen LogP contribution in [0, 0.1) is 0 Å². The lowest BCUT2D eigenvalue weighted by Crippen LogP contribution is -2.61. The molecule has 0 N–H and O–H groups in total. The second kappa shape index (κ2) is 16.1. The van der Waals surface area contributed by atoms with Crippen LogP contribution in [0.15, 0.2) is 170 Å². The Balaban J connectivity index is 1.23. The number of benzene rings is 8. The number of rotatable bonds is 5. The average molecular weight is 933 g/mol. The highest BCUT2D eigenvalue weighted by atomic mass is 15.2. The Morgan fingerprint density at radius 2 is 0.958 bits per heavy atom. The van der Waals surface area contributed by atoms with Gasteiger partial charge in [-0.05, 0) is 161 Å². The van der Waals surface area contributed by atoms with Crippen LogP contribution >= 0.6 is 0 Å². The first-order valence-corrected chi connectivity index (χ1v) is 25.5. The Bertz CT molecular complexity index is 3650. The van der Waals surface area contributed by atoms with Crippen molar-refractivity contribution in [3.05, 3.63) is 203 Å². The highest BCUT2D eigenvalue weighted by Gasteiger charge is 2.45. The van der Waals surface area contributed by atoms with Gasteiger partial charge < -0.3 is 14.7 Å². The Labute approximate surface area is 432 Å². The zero-order valence-corrected chi connectivity index (χ0v) is 44.2. The largest absolute Gasteiger partial charge is 0.311 e. The van der Waals surface area contributed by atoms with Crippen LogP contribution in [0.4, 0.5) is 51.2 Å². The van der Waals surface area contributed by atoms with Gasteiger partial charge >= 0.3 is 0 Å². The molecular weight excluding hydrogens is 858 g/mol. The van der Waals surface area contributed by atoms with Crippen LogP contribution in [0.25, 0.3) is 11.1 Å². The van der Waals surface area contributed by atoms with E-state index in [1.165, 1.54) is 49.9 Å². The molecule has 2 aliphatic heterocycles. The van der Waals surface area contributed by atoms with E-state index in [0.717, 1.165) is 45.2 Å². The van der Waals surface area contributed by atoms with Crippen molar-refractivity contribution >= 4 is 74.3 Å². The molecule has 8 aromatic rings. The topological polar surface area (TPSA) is 9.72 Å². The lowest BCUT2D eigenvalue weighted by Gasteiger charge is -2.46. The molecule has 0 bridgehead atoms. The second-order valence-corrected chi connectivity index (χ2v) is 24.9. The summed E-state index contributed by atoms with van der Waals surface area (Å²) in [6, 6.07) is 49.9. The molecule has 0 aromatic heterocycles. The van der Waals surface area contributed by atoms with E-state index in [1.807, 2.05) is 17.0 Å². The van der Waals surface area contributed by atoms with E-state index in [0.29, 0.717) is 11.4 Å². The molecule has 3 nitrogen and oxygen atoms in total. The van der Waals surface area contributed by atoms with Gasteiger partial charge in [-0.3, -0.25) is 0 Å². The molecule has 0 fully saturated rings. The number of nitrogens with zero attached hydrogens (tertiary/aromatic N) is 3. The fourth-order valence-corrected chi connectivity index (χ4v) is 11.4. The number of hydrogen-bond acceptors (Lipinski definition) is 3. The fraction of sp³-hybridized carbons (Fsp3) is 0.284. The number of anilines is 9. The first kappa shape index (κ1) is 40.9. The van der Waals surface area contributed by atoms with Crippen molar-refractivity contribution in [1.82, 2.24) is 0 Å². The molecule has 71 heavy (non-hydrogen) atoms. The van der Waals surface area contributed by atoms with E-state index in [9.17, 15) is 2.74 Å². The van der Waals surface area contributed by atoms with Gasteiger partial charge in [-0.15, -0.1) is 0 Å². The minimum absolute atomic E-state index is 0.0737. The van der Waals surface area contributed by atoms with Crippen LogP contribution in [0.5, 0.6) is 0 Å². The summed E-state index contributed by atoms with van der Waals surface area (Å²) in [6.07, 6.45) is 0. The van der Waals surface area contributed by atoms with Crippen LogP contribution in [-0.2, 0) is 27.1 Å². The molecule has 4 heteroatoms. The monoisotopic (exact) mass is 933 g/mol. The highest BCUT2D eigenvalue weighted by Crippen LogP contribution is 2.53. The van der Waals surface area contributed by atoms with Gasteiger partial charge in [-0.25, -0.2) is 0 Å². The lowest BCUT2D eigenvalue weighted by molar-refractivity contribution is 0.590. The average Bonchev–Trinajstić information content (AvgIpc) is 3.78. The standard InChI is InChI=1S/C67H70BN3/c1-63(2,3)43-24-29-48(30-25-43)69(47-20-16-15-17-21-47)51-34-36-56-59(42-51)70(49-31-26-44(27-32-49)64(4,5)6)60-39-46(66(10,11)12)40-61-62(60)68(56)57-38-45(65(7,8)9)28-37-58(57)71(61)50-33-35-53-52-22-18-19-23-54(52)67(13,14)55(53)41-50/h15-42H,1-14H3/i15D,16D,17D,20D,21D. The van der Waals surface area contributed by atoms with Crippen LogP contribution in [0.1, 0.15) is 137 Å². The SMILES string of the molecule is [2H]c1c([2H])c([2H])c(N(c2ccc(C(C)(C)C)cc2)c2ccc3c(c2)N(c2ccc(C(C)(C)C)cc2)c2cc(C(C)(C)C)cc4c2B3c2cc(C(C)(C)C)ccc2N4c2ccc3c(c2)C(C)(C)c2ccccc2-3)c([2H])c1[2H]. The molecule has 0 saturated carbocycles. The normalized spacial score (nSPS) is 15.6. The van der Waals surface area contributed by atoms with Crippen LogP contribution < -0.4 is 31.1 Å². The molecule has 356 valence electrons. The maximum atomic E-state index is 9.42. The van der Waals surface area contributed by atoms with Gasteiger partial charge in [0.15, 0.2) is 0 Å². The summed E-state index contributed by atoms with van der Waals surface area (Å²) in [5.41, 5.74) is 20.7. The number of fused-ring (bicyclic) bond motifs is 7. The molecule has 0 atom stereocenters. The molecule has 8 aromatic carbocycles. The Kier molecular flexibility index (Phi) is 9.29. The van der Waals surface area contributed by atoms with E-state index in [4.69, 9.17) is 4.11 Å². The van der Waals surface area contributed by atoms with Gasteiger partial charge in [0.05, 0.1) is 6.85 Å². The van der Waals surface area contributed by atoms with Gasteiger partial charge in [0.1, 0.15) is 0 Å². The molecule has 0 radical (unpaired) electrons. The minimum Gasteiger partial charge on any atom is -0.311 e. The van der Waals surface area contributed by atoms with Crippen LogP contribution in [0.3, 0.4) is 0 Å². The molecule has 0 saturated heterocycles. The predicted octanol–water partition coefficient (Wildman–Crippen LogP) is 16.7. The summed E-state index contributed by atoms with van der Waals surface area (Å²) in [6.45, 7) is 31.5. The number of hydrogen-bond donors (Lipinski definition) is 0. The summed E-state index contributed by atoms with van der Waals surface area (Å²) in [7, 11) is 0. The van der Waals surface area contributed by atoms with E-state index >= 15 is 0 Å². The van der Waals surface area contributed by atoms with Gasteiger partial charge in [-0.1, -0.05) is 188 Å². The minimum atomic E-state index is -0.424. The molecular formula is C67H70BN3. The summed E-state index contributed by atoms with van der Waals surface area (Å²) < 4.78 is 45.3. The third kappa shape index (κ3) is 7.72. The zero-order chi connectivity index (χ0) is 54.5. The second-order valence-electron chi connectivity index (χ2n) is 24.9. The predicted molar refractivity (Wildman–Crippen MR) is 308 cm³/mol. The Morgan fingerprint density at radius 1 is 0.423 bits per heavy atom. The van der Waals surface area contributed by atoms with Crippen LogP contribution in [-0.4, -0.2) is 6.71 Å². The third-order valence-corrected chi connectivity index (χ3v) is 15.6. The van der Waals surface area contributed by atoms with Crippen molar-refractivity contribution in [3.63, 3.8) is 0 Å². The Hall–Kier alpha value is -6.78.